The molecule has 200 valence electrons. The maximum Gasteiger partial charge on any atom is 0.156 e. The summed E-state index contributed by atoms with van der Waals surface area (Å²) in [5.41, 5.74) is 2.16. The van der Waals surface area contributed by atoms with Gasteiger partial charge in [0.15, 0.2) is 5.82 Å². The first-order chi connectivity index (χ1) is 17.5. The second kappa shape index (κ2) is 18.4. The van der Waals surface area contributed by atoms with Gasteiger partial charge in [0.25, 0.3) is 0 Å². The number of nitrogens with one attached hydrogen (secondary N) is 1. The minimum Gasteiger partial charge on any atom is -0.497 e. The molecule has 1 aromatic heterocycles. The van der Waals surface area contributed by atoms with Crippen molar-refractivity contribution in [3.63, 3.8) is 0 Å². The predicted octanol–water partition coefficient (Wildman–Crippen LogP) is 7.84. The van der Waals surface area contributed by atoms with Crippen molar-refractivity contribution in [1.29, 1.82) is 0 Å². The lowest BCUT2D eigenvalue weighted by Crippen LogP contribution is -2.20. The monoisotopic (exact) mass is 497 g/mol. The molecular weight excluding hydrogens is 450 g/mol. The molecule has 0 amide bonds. The van der Waals surface area contributed by atoms with Crippen LogP contribution in [0.25, 0.3) is 10.8 Å². The van der Waals surface area contributed by atoms with Crippen molar-refractivity contribution in [2.75, 3.05) is 26.6 Å². The van der Waals surface area contributed by atoms with E-state index in [0.29, 0.717) is 12.6 Å². The topological polar surface area (TPSA) is 65.5 Å². The molecule has 3 rings (SSSR count). The smallest absolute Gasteiger partial charge is 0.156 e. The molecule has 0 aliphatic rings. The fourth-order valence-corrected chi connectivity index (χ4v) is 3.74. The van der Waals surface area contributed by atoms with Crippen LogP contribution >= 0.6 is 0 Å². The highest BCUT2D eigenvalue weighted by Crippen LogP contribution is 2.29. The summed E-state index contributed by atoms with van der Waals surface area (Å²) in [4.78, 5) is 0. The highest BCUT2D eigenvalue weighted by atomic mass is 16.5. The Morgan fingerprint density at radius 2 is 1.42 bits per heavy atom. The van der Waals surface area contributed by atoms with Crippen LogP contribution in [0.15, 0.2) is 42.5 Å². The molecule has 0 unspecified atom stereocenters. The maximum absolute atomic E-state index is 5.37. The lowest BCUT2D eigenvalue weighted by molar-refractivity contribution is 0.182. The van der Waals surface area contributed by atoms with Gasteiger partial charge in [-0.15, -0.1) is 5.10 Å². The Balaban J connectivity index is 0.000000412. The number of hydrogen-bond donors (Lipinski definition) is 1. The highest BCUT2D eigenvalue weighted by molar-refractivity contribution is 5.94. The molecule has 2 aromatic carbocycles. The van der Waals surface area contributed by atoms with Crippen molar-refractivity contribution in [3.8, 4) is 11.5 Å². The van der Waals surface area contributed by atoms with Crippen LogP contribution in [-0.2, 0) is 17.8 Å². The zero-order valence-electron chi connectivity index (χ0n) is 23.7. The number of hydrogen-bond acceptors (Lipinski definition) is 6. The third kappa shape index (κ3) is 10.4. The molecule has 1 N–H and O–H groups in total. The van der Waals surface area contributed by atoms with Gasteiger partial charge in [-0.3, -0.25) is 0 Å². The first kappa shape index (κ1) is 31.2. The van der Waals surface area contributed by atoms with Gasteiger partial charge in [0, 0.05) is 23.9 Å². The van der Waals surface area contributed by atoms with Crippen LogP contribution in [0.2, 0.25) is 0 Å². The van der Waals surface area contributed by atoms with Crippen molar-refractivity contribution in [2.45, 2.75) is 85.8 Å². The van der Waals surface area contributed by atoms with Gasteiger partial charge in [-0.1, -0.05) is 66.0 Å². The van der Waals surface area contributed by atoms with E-state index in [9.17, 15) is 0 Å². The van der Waals surface area contributed by atoms with E-state index in [1.165, 1.54) is 12.0 Å². The number of methoxy groups -OCH3 is 3. The Morgan fingerprint density at radius 3 is 1.97 bits per heavy atom. The van der Waals surface area contributed by atoms with E-state index in [2.05, 4.69) is 62.3 Å². The van der Waals surface area contributed by atoms with Crippen LogP contribution in [0, 0.1) is 0 Å². The van der Waals surface area contributed by atoms with Crippen LogP contribution in [0.3, 0.4) is 0 Å². The molecule has 0 aliphatic carbocycles. The molecule has 1 heterocycles. The average molecular weight is 498 g/mol. The van der Waals surface area contributed by atoms with Crippen LogP contribution in [-0.4, -0.2) is 37.6 Å². The van der Waals surface area contributed by atoms with E-state index < -0.39 is 0 Å². The minimum absolute atomic E-state index is 0.418. The standard InChI is InChI=1S/C18H27N3O2.C9H12O.C3H8/c1-5-7-13(8-6-2)19-18-16-11-14(23-4)9-10-15(16)17(12-22-3)20-21-18;1-3-8-5-4-6-9(7-8)10-2;1-3-2/h9-11,13H,5-8,12H2,1-4H3,(H,19,21);4-7H,3H2,1-2H3;3H2,1-2H3. The fourth-order valence-electron chi connectivity index (χ4n) is 3.74. The van der Waals surface area contributed by atoms with Gasteiger partial charge >= 0.3 is 0 Å². The molecule has 0 aliphatic heterocycles. The van der Waals surface area contributed by atoms with E-state index in [1.54, 1.807) is 21.3 Å². The van der Waals surface area contributed by atoms with E-state index in [-0.39, 0.29) is 0 Å². The Hall–Kier alpha value is -2.86. The predicted molar refractivity (Wildman–Crippen MR) is 152 cm³/mol. The van der Waals surface area contributed by atoms with E-state index >= 15 is 0 Å². The lowest BCUT2D eigenvalue weighted by Gasteiger charge is -2.19. The van der Waals surface area contributed by atoms with Gasteiger partial charge in [-0.2, -0.15) is 5.10 Å². The first-order valence-electron chi connectivity index (χ1n) is 13.2. The van der Waals surface area contributed by atoms with Crippen molar-refractivity contribution in [3.05, 3.63) is 53.7 Å². The molecule has 36 heavy (non-hydrogen) atoms. The van der Waals surface area contributed by atoms with Crippen molar-refractivity contribution in [2.24, 2.45) is 0 Å². The number of aryl methyl sites for hydroxylation is 1. The lowest BCUT2D eigenvalue weighted by atomic mass is 10.1. The molecule has 0 radical (unpaired) electrons. The molecule has 0 fully saturated rings. The van der Waals surface area contributed by atoms with E-state index in [1.807, 2.05) is 30.3 Å². The Kier molecular flexibility index (Phi) is 15.9. The molecule has 0 bridgehead atoms. The summed E-state index contributed by atoms with van der Waals surface area (Å²) in [5.74, 6) is 2.59. The third-order valence-electron chi connectivity index (χ3n) is 5.50. The number of benzene rings is 2. The van der Waals surface area contributed by atoms with Crippen molar-refractivity contribution < 1.29 is 14.2 Å². The second-order valence-corrected chi connectivity index (χ2v) is 8.67. The van der Waals surface area contributed by atoms with Gasteiger partial charge in [0.05, 0.1) is 26.5 Å². The summed E-state index contributed by atoms with van der Waals surface area (Å²) in [5, 5.41) is 14.4. The zero-order valence-corrected chi connectivity index (χ0v) is 23.7. The molecule has 0 spiro atoms. The molecular formula is C30H47N3O3. The van der Waals surface area contributed by atoms with Gasteiger partial charge in [-0.25, -0.2) is 0 Å². The normalized spacial score (nSPS) is 10.2. The van der Waals surface area contributed by atoms with Crippen molar-refractivity contribution >= 4 is 16.6 Å². The summed E-state index contributed by atoms with van der Waals surface area (Å²) in [6.07, 6.45) is 6.86. The number of aromatic nitrogens is 2. The molecule has 0 atom stereocenters. The van der Waals surface area contributed by atoms with Crippen LogP contribution in [0.5, 0.6) is 11.5 Å². The quantitative estimate of drug-likeness (QED) is 0.291. The maximum atomic E-state index is 5.37. The molecule has 0 saturated heterocycles. The molecule has 6 heteroatoms. The van der Waals surface area contributed by atoms with Gasteiger partial charge in [0.1, 0.15) is 11.5 Å². The average Bonchev–Trinajstić information content (AvgIpc) is 2.91. The Labute approximate surface area is 218 Å². The third-order valence-corrected chi connectivity index (χ3v) is 5.50. The molecule has 3 aromatic rings. The minimum atomic E-state index is 0.418. The zero-order chi connectivity index (χ0) is 26.8. The number of anilines is 1. The summed E-state index contributed by atoms with van der Waals surface area (Å²) in [7, 11) is 5.03. The Morgan fingerprint density at radius 1 is 0.778 bits per heavy atom. The fraction of sp³-hybridized carbons (Fsp3) is 0.533. The van der Waals surface area contributed by atoms with Crippen molar-refractivity contribution in [1.82, 2.24) is 10.2 Å². The summed E-state index contributed by atoms with van der Waals surface area (Å²) >= 11 is 0. The van der Waals surface area contributed by atoms with E-state index in [4.69, 9.17) is 14.2 Å². The van der Waals surface area contributed by atoms with Crippen LogP contribution < -0.4 is 14.8 Å². The summed E-state index contributed by atoms with van der Waals surface area (Å²) in [6, 6.07) is 14.5. The molecule has 0 saturated carbocycles. The van der Waals surface area contributed by atoms with Gasteiger partial charge in [0.2, 0.25) is 0 Å². The van der Waals surface area contributed by atoms with E-state index in [0.717, 1.165) is 65.9 Å². The van der Waals surface area contributed by atoms with Gasteiger partial charge < -0.3 is 19.5 Å². The van der Waals surface area contributed by atoms with Crippen LogP contribution in [0.1, 0.15) is 78.0 Å². The number of nitrogens with zero attached hydrogens (tertiary/aromatic N) is 2. The number of ether oxygens (including phenoxy) is 3. The Bertz CT molecular complexity index is 969. The largest absolute Gasteiger partial charge is 0.497 e. The summed E-state index contributed by atoms with van der Waals surface area (Å²) < 4.78 is 15.7. The van der Waals surface area contributed by atoms with Gasteiger partial charge in [-0.05, 0) is 55.2 Å². The van der Waals surface area contributed by atoms with Crippen LogP contribution in [0.4, 0.5) is 5.82 Å². The second-order valence-electron chi connectivity index (χ2n) is 8.67. The first-order valence-corrected chi connectivity index (χ1v) is 13.2. The highest BCUT2D eigenvalue weighted by Gasteiger charge is 2.14. The molecule has 6 nitrogen and oxygen atoms in total. The number of fused-ring (bicyclic) bond motifs is 1. The SMILES string of the molecule is CCC.CCCC(CCC)Nc1nnc(COC)c2ccc(OC)cc12.CCc1cccc(OC)c1. The summed E-state index contributed by atoms with van der Waals surface area (Å²) in [6.45, 7) is 11.2. The number of rotatable bonds is 11.